The minimum Gasteiger partial charge on any atom is -0.368 e. The lowest BCUT2D eigenvalue weighted by molar-refractivity contribution is 0.0402. The zero-order chi connectivity index (χ0) is 18.9. The summed E-state index contributed by atoms with van der Waals surface area (Å²) in [6.45, 7) is 2.62. The highest BCUT2D eigenvalue weighted by molar-refractivity contribution is 7.78. The molecule has 1 saturated carbocycles. The van der Waals surface area contributed by atoms with Gasteiger partial charge in [-0.05, 0) is 67.9 Å². The monoisotopic (exact) mass is 421 g/mol. The Labute approximate surface area is 172 Å². The highest BCUT2D eigenvalue weighted by Crippen LogP contribution is 2.42. The summed E-state index contributed by atoms with van der Waals surface area (Å²) in [4.78, 5) is 0. The fraction of sp³-hybridized carbons (Fsp3) is 0.611. The Bertz CT molecular complexity index is 668. The highest BCUT2D eigenvalue weighted by atomic mass is 32.1. The van der Waals surface area contributed by atoms with Crippen LogP contribution in [-0.4, -0.2) is 35.9 Å². The van der Waals surface area contributed by atoms with Crippen LogP contribution in [0.1, 0.15) is 51.9 Å². The van der Waals surface area contributed by atoms with Crippen LogP contribution in [0, 0.1) is 5.92 Å². The molecule has 1 unspecified atom stereocenters. The molecule has 0 aromatic heterocycles. The lowest BCUT2D eigenvalue weighted by Crippen LogP contribution is -2.57. The number of hydrogen-bond acceptors (Lipinski definition) is 7. The number of nitrogens with zero attached hydrogens (tertiary/aromatic N) is 3. The molecule has 0 aromatic rings. The summed E-state index contributed by atoms with van der Waals surface area (Å²) in [5.74, 6) is 0.564. The van der Waals surface area contributed by atoms with Crippen molar-refractivity contribution in [1.82, 2.24) is 0 Å². The summed E-state index contributed by atoms with van der Waals surface area (Å²) in [5, 5.41) is 6.52. The average molecular weight is 422 g/mol. The van der Waals surface area contributed by atoms with Gasteiger partial charge in [0.1, 0.15) is 5.22 Å². The molecule has 0 aliphatic heterocycles. The molecule has 2 rings (SSSR count). The number of isothiocyanates is 3. The molecule has 0 bridgehead atoms. The molecule has 0 spiro atoms. The van der Waals surface area contributed by atoms with E-state index in [1.807, 2.05) is 12.2 Å². The summed E-state index contributed by atoms with van der Waals surface area (Å²) in [7, 11) is -3.31. The van der Waals surface area contributed by atoms with E-state index in [1.165, 1.54) is 37.7 Å². The molecule has 0 N–H and O–H groups in total. The van der Waals surface area contributed by atoms with E-state index in [0.717, 1.165) is 6.42 Å². The SMILES string of the molecule is CCCOC1([Si](N=C=S)(N=C=S)N=C=S)C=CC=C(C2CCCCC2)C1. The molecular weight excluding hydrogens is 399 g/mol. The molecule has 1 fully saturated rings. The molecule has 0 radical (unpaired) electrons. The van der Waals surface area contributed by atoms with Gasteiger partial charge < -0.3 is 4.74 Å². The topological polar surface area (TPSA) is 46.3 Å². The van der Waals surface area contributed by atoms with Crippen LogP contribution in [0.15, 0.2) is 37.8 Å². The molecule has 0 saturated heterocycles. The van der Waals surface area contributed by atoms with Crippen molar-refractivity contribution < 1.29 is 4.74 Å². The molecule has 1 atom stereocenters. The molecule has 8 heteroatoms. The normalized spacial score (nSPS) is 25.0. The third-order valence-electron chi connectivity index (χ3n) is 5.01. The predicted molar refractivity (Wildman–Crippen MR) is 118 cm³/mol. The first-order valence-electron chi connectivity index (χ1n) is 8.96. The van der Waals surface area contributed by atoms with E-state index in [-0.39, 0.29) is 0 Å². The van der Waals surface area contributed by atoms with Crippen LogP contribution in [-0.2, 0) is 4.74 Å². The van der Waals surface area contributed by atoms with E-state index in [4.69, 9.17) is 41.4 Å². The predicted octanol–water partition coefficient (Wildman–Crippen LogP) is 5.40. The molecule has 4 nitrogen and oxygen atoms in total. The molecular formula is C18H23N3OS3Si. The molecule has 2 aliphatic rings. The van der Waals surface area contributed by atoms with Crippen molar-refractivity contribution >= 4 is 60.7 Å². The maximum Gasteiger partial charge on any atom is 0.498 e. The molecule has 0 aromatic carbocycles. The van der Waals surface area contributed by atoms with E-state index in [0.29, 0.717) is 18.9 Å². The third kappa shape index (κ3) is 4.66. The minimum absolute atomic E-state index is 0.559. The Kier molecular flexibility index (Phi) is 8.55. The standard InChI is InChI=1S/C18H23N3OS3Si/c1-2-11-22-18(26(19-13-23,20-14-24)21-15-25)10-6-9-17(12-18)16-7-4-3-5-8-16/h6,9-10,16H,2-5,7-8,11-12H2,1H3. The summed E-state index contributed by atoms with van der Waals surface area (Å²) in [6.07, 6.45) is 14.0. The van der Waals surface area contributed by atoms with Crippen molar-refractivity contribution in [3.63, 3.8) is 0 Å². The quantitative estimate of drug-likeness (QED) is 0.299. The third-order valence-corrected chi connectivity index (χ3v) is 8.66. The number of hydrogen-bond donors (Lipinski definition) is 0. The second kappa shape index (κ2) is 10.4. The van der Waals surface area contributed by atoms with Crippen LogP contribution in [0.4, 0.5) is 0 Å². The summed E-state index contributed by atoms with van der Waals surface area (Å²) < 4.78 is 19.5. The van der Waals surface area contributed by atoms with Gasteiger partial charge in [0.05, 0.1) is 15.5 Å². The number of rotatable bonds is 8. The van der Waals surface area contributed by atoms with Gasteiger partial charge in [-0.25, -0.2) is 14.0 Å². The van der Waals surface area contributed by atoms with Gasteiger partial charge in [0.25, 0.3) is 0 Å². The number of allylic oxidation sites excluding steroid dienone is 2. The van der Waals surface area contributed by atoms with Crippen LogP contribution in [0.25, 0.3) is 0 Å². The molecule has 0 amide bonds. The first-order chi connectivity index (χ1) is 12.7. The molecule has 2 aliphatic carbocycles. The van der Waals surface area contributed by atoms with Crippen molar-refractivity contribution in [3.8, 4) is 0 Å². The maximum atomic E-state index is 6.36. The second-order valence-electron chi connectivity index (χ2n) is 6.60. The second-order valence-corrected chi connectivity index (χ2v) is 9.93. The van der Waals surface area contributed by atoms with E-state index >= 15 is 0 Å². The summed E-state index contributed by atoms with van der Waals surface area (Å²) >= 11 is 14.7. The van der Waals surface area contributed by atoms with Gasteiger partial charge in [0.2, 0.25) is 0 Å². The molecule has 26 heavy (non-hydrogen) atoms. The van der Waals surface area contributed by atoms with E-state index < -0.39 is 13.8 Å². The largest absolute Gasteiger partial charge is 0.498 e. The van der Waals surface area contributed by atoms with Crippen LogP contribution < -0.4 is 0 Å². The fourth-order valence-electron chi connectivity index (χ4n) is 3.76. The van der Waals surface area contributed by atoms with Crippen LogP contribution in [0.2, 0.25) is 0 Å². The summed E-state index contributed by atoms with van der Waals surface area (Å²) in [6, 6.07) is 0. The Morgan fingerprint density at radius 2 is 1.73 bits per heavy atom. The first-order valence-corrected chi connectivity index (χ1v) is 12.0. The maximum absolute atomic E-state index is 6.36. The van der Waals surface area contributed by atoms with E-state index in [9.17, 15) is 0 Å². The van der Waals surface area contributed by atoms with E-state index in [1.54, 1.807) is 0 Å². The fourth-order valence-corrected chi connectivity index (χ4v) is 7.06. The van der Waals surface area contributed by atoms with Gasteiger partial charge in [0.15, 0.2) is 0 Å². The van der Waals surface area contributed by atoms with Crippen LogP contribution >= 0.6 is 36.7 Å². The Morgan fingerprint density at radius 3 is 2.27 bits per heavy atom. The Balaban J connectivity index is 2.51. The lowest BCUT2D eigenvalue weighted by Gasteiger charge is -2.40. The van der Waals surface area contributed by atoms with Crippen molar-refractivity contribution in [2.24, 2.45) is 19.9 Å². The van der Waals surface area contributed by atoms with E-state index in [2.05, 4.69) is 42.5 Å². The van der Waals surface area contributed by atoms with Gasteiger partial charge in [-0.2, -0.15) is 0 Å². The Morgan fingerprint density at radius 1 is 1.12 bits per heavy atom. The van der Waals surface area contributed by atoms with Gasteiger partial charge >= 0.3 is 8.56 Å². The highest BCUT2D eigenvalue weighted by Gasteiger charge is 2.59. The lowest BCUT2D eigenvalue weighted by atomic mass is 9.80. The van der Waals surface area contributed by atoms with Crippen molar-refractivity contribution in [1.29, 1.82) is 0 Å². The molecule has 0 heterocycles. The first kappa shape index (κ1) is 21.4. The number of thiocarbonyl (C=S) groups is 3. The average Bonchev–Trinajstić information content (AvgIpc) is 2.68. The summed E-state index contributed by atoms with van der Waals surface area (Å²) in [5.41, 5.74) is 1.36. The van der Waals surface area contributed by atoms with Gasteiger partial charge in [0, 0.05) is 13.0 Å². The van der Waals surface area contributed by atoms with Crippen LogP contribution in [0.5, 0.6) is 0 Å². The minimum atomic E-state index is -3.31. The number of ether oxygens (including phenoxy) is 1. The smallest absolute Gasteiger partial charge is 0.368 e. The van der Waals surface area contributed by atoms with Crippen molar-refractivity contribution in [2.75, 3.05) is 6.61 Å². The zero-order valence-corrected chi connectivity index (χ0v) is 18.4. The van der Waals surface area contributed by atoms with Crippen molar-refractivity contribution in [3.05, 3.63) is 23.8 Å². The Hall–Kier alpha value is -0.943. The van der Waals surface area contributed by atoms with Gasteiger partial charge in [-0.15, -0.1) is 0 Å². The van der Waals surface area contributed by atoms with Crippen molar-refractivity contribution in [2.45, 2.75) is 57.1 Å². The van der Waals surface area contributed by atoms with Crippen LogP contribution in [0.3, 0.4) is 0 Å². The zero-order valence-electron chi connectivity index (χ0n) is 14.9. The van der Waals surface area contributed by atoms with Gasteiger partial charge in [-0.3, -0.25) is 0 Å². The molecule has 138 valence electrons. The van der Waals surface area contributed by atoms with Gasteiger partial charge in [-0.1, -0.05) is 43.9 Å².